The standard InChI is InChI=1S/C21H34BNO4/c1-16(2)20-21(4,5)27-22(26-20)18-8-6-9-19(17(18)3)25-13-7-10-23-11-14-24-15-12-23/h6,8-9,16,20H,7,10-15H2,1-5H3. The Morgan fingerprint density at radius 2 is 2.00 bits per heavy atom. The summed E-state index contributed by atoms with van der Waals surface area (Å²) >= 11 is 0. The van der Waals surface area contributed by atoms with Crippen molar-refractivity contribution in [2.75, 3.05) is 39.5 Å². The third-order valence-corrected chi connectivity index (χ3v) is 5.53. The lowest BCUT2D eigenvalue weighted by atomic mass is 9.76. The molecule has 0 bridgehead atoms. The monoisotopic (exact) mass is 375 g/mol. The normalized spacial score (nSPS) is 23.2. The van der Waals surface area contributed by atoms with Crippen molar-refractivity contribution >= 4 is 12.6 Å². The van der Waals surface area contributed by atoms with Crippen LogP contribution in [0.3, 0.4) is 0 Å². The van der Waals surface area contributed by atoms with Crippen LogP contribution in [0.1, 0.15) is 39.7 Å². The third kappa shape index (κ3) is 5.05. The Morgan fingerprint density at radius 3 is 2.67 bits per heavy atom. The molecule has 150 valence electrons. The molecule has 1 unspecified atom stereocenters. The summed E-state index contributed by atoms with van der Waals surface area (Å²) < 4.78 is 24.0. The van der Waals surface area contributed by atoms with E-state index in [4.69, 9.17) is 18.8 Å². The molecule has 2 aliphatic rings. The predicted octanol–water partition coefficient (Wildman–Crippen LogP) is 2.64. The van der Waals surface area contributed by atoms with Gasteiger partial charge in [-0.2, -0.15) is 0 Å². The maximum absolute atomic E-state index is 6.27. The number of benzene rings is 1. The minimum Gasteiger partial charge on any atom is -0.493 e. The SMILES string of the molecule is Cc1c(OCCCN2CCOCC2)cccc1B1OC(C(C)C)C(C)(C)O1. The highest BCUT2D eigenvalue weighted by molar-refractivity contribution is 6.62. The fourth-order valence-electron chi connectivity index (χ4n) is 4.10. The van der Waals surface area contributed by atoms with Gasteiger partial charge in [0.2, 0.25) is 0 Å². The van der Waals surface area contributed by atoms with Crippen molar-refractivity contribution in [2.45, 2.75) is 52.7 Å². The Bertz CT molecular complexity index is 616. The van der Waals surface area contributed by atoms with Crippen LogP contribution >= 0.6 is 0 Å². The van der Waals surface area contributed by atoms with Gasteiger partial charge in [0.25, 0.3) is 0 Å². The largest absolute Gasteiger partial charge is 0.495 e. The molecule has 6 heteroatoms. The minimum absolute atomic E-state index is 0.0833. The molecule has 1 aromatic rings. The number of nitrogens with zero attached hydrogens (tertiary/aromatic N) is 1. The fourth-order valence-corrected chi connectivity index (χ4v) is 4.10. The van der Waals surface area contributed by atoms with Crippen molar-refractivity contribution in [2.24, 2.45) is 5.92 Å². The van der Waals surface area contributed by atoms with Crippen molar-refractivity contribution in [3.8, 4) is 5.75 Å². The van der Waals surface area contributed by atoms with Gasteiger partial charge in [0.15, 0.2) is 0 Å². The van der Waals surface area contributed by atoms with E-state index >= 15 is 0 Å². The molecule has 0 aromatic heterocycles. The van der Waals surface area contributed by atoms with E-state index in [1.54, 1.807) is 0 Å². The van der Waals surface area contributed by atoms with Crippen LogP contribution in [-0.2, 0) is 14.0 Å². The Labute approximate surface area is 164 Å². The number of hydrogen-bond acceptors (Lipinski definition) is 5. The van der Waals surface area contributed by atoms with E-state index in [9.17, 15) is 0 Å². The second-order valence-corrected chi connectivity index (χ2v) is 8.48. The van der Waals surface area contributed by atoms with E-state index in [-0.39, 0.29) is 18.8 Å². The highest BCUT2D eigenvalue weighted by atomic mass is 16.7. The van der Waals surface area contributed by atoms with E-state index in [0.29, 0.717) is 12.5 Å². The summed E-state index contributed by atoms with van der Waals surface area (Å²) in [6.07, 6.45) is 1.10. The molecule has 27 heavy (non-hydrogen) atoms. The van der Waals surface area contributed by atoms with Crippen molar-refractivity contribution in [3.05, 3.63) is 23.8 Å². The van der Waals surface area contributed by atoms with Crippen LogP contribution in [0.5, 0.6) is 5.75 Å². The smallest absolute Gasteiger partial charge is 0.493 e. The van der Waals surface area contributed by atoms with Crippen molar-refractivity contribution in [1.82, 2.24) is 4.90 Å². The van der Waals surface area contributed by atoms with Crippen molar-refractivity contribution in [3.63, 3.8) is 0 Å². The molecule has 2 aliphatic heterocycles. The number of hydrogen-bond donors (Lipinski definition) is 0. The van der Waals surface area contributed by atoms with E-state index in [1.165, 1.54) is 0 Å². The molecule has 2 heterocycles. The summed E-state index contributed by atoms with van der Waals surface area (Å²) in [5, 5.41) is 0. The second kappa shape index (κ2) is 8.95. The summed E-state index contributed by atoms with van der Waals surface area (Å²) in [4.78, 5) is 2.44. The number of morpholine rings is 1. The molecule has 0 radical (unpaired) electrons. The van der Waals surface area contributed by atoms with Crippen molar-refractivity contribution in [1.29, 1.82) is 0 Å². The Morgan fingerprint density at radius 1 is 1.26 bits per heavy atom. The summed E-state index contributed by atoms with van der Waals surface area (Å²) in [6, 6.07) is 6.15. The van der Waals surface area contributed by atoms with Crippen LogP contribution < -0.4 is 10.2 Å². The van der Waals surface area contributed by atoms with Crippen LogP contribution in [0, 0.1) is 12.8 Å². The van der Waals surface area contributed by atoms with E-state index in [0.717, 1.165) is 56.0 Å². The van der Waals surface area contributed by atoms with E-state index in [1.807, 2.05) is 12.1 Å². The zero-order valence-corrected chi connectivity index (χ0v) is 17.5. The summed E-state index contributed by atoms with van der Waals surface area (Å²) in [6.45, 7) is 16.2. The van der Waals surface area contributed by atoms with E-state index in [2.05, 4.69) is 45.6 Å². The van der Waals surface area contributed by atoms with Crippen LogP contribution in [0.25, 0.3) is 0 Å². The molecule has 1 atom stereocenters. The summed E-state index contributed by atoms with van der Waals surface area (Å²) in [5.74, 6) is 1.33. The Hall–Kier alpha value is -1.08. The minimum atomic E-state index is -0.329. The van der Waals surface area contributed by atoms with E-state index < -0.39 is 0 Å². The first-order chi connectivity index (χ1) is 12.9. The average Bonchev–Trinajstić information content (AvgIpc) is 2.96. The number of ether oxygens (including phenoxy) is 2. The molecule has 0 saturated carbocycles. The van der Waals surface area contributed by atoms with Gasteiger partial charge in [0.05, 0.1) is 31.5 Å². The lowest BCUT2D eigenvalue weighted by Crippen LogP contribution is -2.37. The predicted molar refractivity (Wildman–Crippen MR) is 109 cm³/mol. The van der Waals surface area contributed by atoms with Crippen LogP contribution in [-0.4, -0.2) is 63.2 Å². The molecule has 0 aliphatic carbocycles. The van der Waals surface area contributed by atoms with Gasteiger partial charge in [-0.25, -0.2) is 0 Å². The van der Waals surface area contributed by atoms with Gasteiger partial charge < -0.3 is 18.8 Å². The summed E-state index contributed by atoms with van der Waals surface area (Å²) in [5.41, 5.74) is 1.88. The fraction of sp³-hybridized carbons (Fsp3) is 0.714. The molecular formula is C21H34BNO4. The second-order valence-electron chi connectivity index (χ2n) is 8.48. The zero-order valence-electron chi connectivity index (χ0n) is 17.5. The Kier molecular flexibility index (Phi) is 6.85. The zero-order chi connectivity index (χ0) is 19.4. The molecule has 3 rings (SSSR count). The average molecular weight is 375 g/mol. The molecule has 2 saturated heterocycles. The van der Waals surface area contributed by atoms with Gasteiger partial charge in [0, 0.05) is 19.6 Å². The first-order valence-corrected chi connectivity index (χ1v) is 10.2. The van der Waals surface area contributed by atoms with Gasteiger partial charge in [-0.3, -0.25) is 4.90 Å². The number of rotatable bonds is 7. The van der Waals surface area contributed by atoms with Crippen LogP contribution in [0.2, 0.25) is 0 Å². The molecule has 0 amide bonds. The first kappa shape index (κ1) is 20.7. The molecule has 0 spiro atoms. The van der Waals surface area contributed by atoms with Gasteiger partial charge in [-0.1, -0.05) is 26.0 Å². The molecule has 1 aromatic carbocycles. The quantitative estimate of drug-likeness (QED) is 0.541. The Balaban J connectivity index is 1.57. The summed E-state index contributed by atoms with van der Waals surface area (Å²) in [7, 11) is -0.329. The lowest BCUT2D eigenvalue weighted by Gasteiger charge is -2.28. The molecule has 0 N–H and O–H groups in total. The van der Waals surface area contributed by atoms with Gasteiger partial charge in [-0.05, 0) is 50.2 Å². The topological polar surface area (TPSA) is 40.2 Å². The highest BCUT2D eigenvalue weighted by Crippen LogP contribution is 2.32. The highest BCUT2D eigenvalue weighted by Gasteiger charge is 2.47. The van der Waals surface area contributed by atoms with Crippen molar-refractivity contribution < 1.29 is 18.8 Å². The van der Waals surface area contributed by atoms with Gasteiger partial charge >= 0.3 is 7.12 Å². The molecule has 2 fully saturated rings. The molecular weight excluding hydrogens is 341 g/mol. The van der Waals surface area contributed by atoms with Gasteiger partial charge in [-0.15, -0.1) is 0 Å². The third-order valence-electron chi connectivity index (χ3n) is 5.53. The van der Waals surface area contributed by atoms with Gasteiger partial charge in [0.1, 0.15) is 5.75 Å². The molecule has 5 nitrogen and oxygen atoms in total. The maximum Gasteiger partial charge on any atom is 0.495 e. The maximum atomic E-state index is 6.27. The lowest BCUT2D eigenvalue weighted by molar-refractivity contribution is 0.0358. The van der Waals surface area contributed by atoms with Crippen LogP contribution in [0.15, 0.2) is 18.2 Å². The first-order valence-electron chi connectivity index (χ1n) is 10.2. The van der Waals surface area contributed by atoms with Crippen LogP contribution in [0.4, 0.5) is 0 Å².